The van der Waals surface area contributed by atoms with Crippen molar-refractivity contribution >= 4 is 40.0 Å². The Morgan fingerprint density at radius 2 is 1.65 bits per heavy atom. The lowest BCUT2D eigenvalue weighted by molar-refractivity contribution is -0.125. The van der Waals surface area contributed by atoms with Gasteiger partial charge in [-0.1, -0.05) is 29.8 Å². The summed E-state index contributed by atoms with van der Waals surface area (Å²) in [5.41, 5.74) is 7.04. The van der Waals surface area contributed by atoms with E-state index in [1.165, 1.54) is 5.69 Å². The van der Waals surface area contributed by atoms with E-state index in [1.807, 2.05) is 48.3 Å². The normalized spacial score (nSPS) is 14.1. The van der Waals surface area contributed by atoms with Crippen molar-refractivity contribution in [1.29, 1.82) is 0 Å². The summed E-state index contributed by atoms with van der Waals surface area (Å²) in [6, 6.07) is 22.7. The molecule has 0 atom stereocenters. The first-order valence-electron chi connectivity index (χ1n) is 12.3. The number of nitrogens with zero attached hydrogens (tertiary/aromatic N) is 3. The van der Waals surface area contributed by atoms with Crippen LogP contribution in [0.3, 0.4) is 0 Å². The maximum atomic E-state index is 13.5. The van der Waals surface area contributed by atoms with E-state index in [4.69, 9.17) is 16.3 Å². The van der Waals surface area contributed by atoms with Crippen molar-refractivity contribution in [3.8, 4) is 5.75 Å². The molecule has 4 aromatic rings. The molecular weight excluding hydrogens is 488 g/mol. The van der Waals surface area contributed by atoms with E-state index in [-0.39, 0.29) is 18.2 Å². The van der Waals surface area contributed by atoms with Crippen LogP contribution in [0.1, 0.15) is 21.6 Å². The molecule has 1 amide bonds. The Hall–Kier alpha value is -3.81. The van der Waals surface area contributed by atoms with Gasteiger partial charge in [0.2, 0.25) is 5.91 Å². The van der Waals surface area contributed by atoms with Gasteiger partial charge in [0.05, 0.1) is 19.0 Å². The number of amides is 1. The van der Waals surface area contributed by atoms with Gasteiger partial charge in [-0.15, -0.1) is 0 Å². The number of methoxy groups -OCH3 is 1. The number of carbonyl (C=O) groups excluding carboxylic acids is 2. The number of nitrogens with one attached hydrogen (secondary N) is 1. The zero-order chi connectivity index (χ0) is 25.9. The maximum Gasteiger partial charge on any atom is 0.262 e. The van der Waals surface area contributed by atoms with Gasteiger partial charge in [0.15, 0.2) is 0 Å². The number of piperazine rings is 1. The van der Waals surface area contributed by atoms with Crippen LogP contribution in [0.5, 0.6) is 5.75 Å². The summed E-state index contributed by atoms with van der Waals surface area (Å²) in [4.78, 5) is 29.0. The fourth-order valence-corrected chi connectivity index (χ4v) is 5.01. The number of halogens is 1. The molecule has 0 radical (unpaired) electrons. The molecular formula is C29H29ClN4O3. The summed E-state index contributed by atoms with van der Waals surface area (Å²) in [5.74, 6) is 0.382. The number of ether oxygens (including phenoxy) is 1. The second-order valence-electron chi connectivity index (χ2n) is 9.12. The number of carbonyl (C=O) groups is 2. The van der Waals surface area contributed by atoms with Gasteiger partial charge in [-0.25, -0.2) is 5.01 Å². The van der Waals surface area contributed by atoms with E-state index >= 15 is 0 Å². The average Bonchev–Trinajstić information content (AvgIpc) is 3.19. The second kappa shape index (κ2) is 10.7. The molecule has 37 heavy (non-hydrogen) atoms. The Labute approximate surface area is 221 Å². The van der Waals surface area contributed by atoms with Crippen molar-refractivity contribution in [3.63, 3.8) is 0 Å². The van der Waals surface area contributed by atoms with Gasteiger partial charge in [-0.2, -0.15) is 0 Å². The van der Waals surface area contributed by atoms with E-state index in [0.29, 0.717) is 16.3 Å². The minimum Gasteiger partial charge on any atom is -0.497 e. The predicted octanol–water partition coefficient (Wildman–Crippen LogP) is 4.70. The van der Waals surface area contributed by atoms with Crippen LogP contribution >= 0.6 is 11.6 Å². The van der Waals surface area contributed by atoms with E-state index in [1.54, 1.807) is 35.9 Å². The lowest BCUT2D eigenvalue weighted by Crippen LogP contribution is -2.54. The highest BCUT2D eigenvalue weighted by atomic mass is 35.5. The number of rotatable bonds is 6. The molecule has 8 heteroatoms. The first-order valence-corrected chi connectivity index (χ1v) is 12.6. The van der Waals surface area contributed by atoms with Crippen LogP contribution in [0.15, 0.2) is 72.8 Å². The quantitative estimate of drug-likeness (QED) is 0.402. The maximum absolute atomic E-state index is 13.5. The largest absolute Gasteiger partial charge is 0.497 e. The van der Waals surface area contributed by atoms with Gasteiger partial charge >= 0.3 is 0 Å². The summed E-state index contributed by atoms with van der Waals surface area (Å²) in [7, 11) is 1.60. The Morgan fingerprint density at radius 3 is 2.32 bits per heavy atom. The number of fused-ring (bicyclic) bond motifs is 1. The third kappa shape index (κ3) is 5.19. The lowest BCUT2D eigenvalue weighted by Gasteiger charge is -2.36. The highest BCUT2D eigenvalue weighted by Crippen LogP contribution is 2.31. The molecule has 1 saturated heterocycles. The Kier molecular flexibility index (Phi) is 7.17. The van der Waals surface area contributed by atoms with E-state index in [0.717, 1.165) is 48.3 Å². The Balaban J connectivity index is 1.36. The van der Waals surface area contributed by atoms with Crippen LogP contribution in [0.4, 0.5) is 5.69 Å². The molecule has 0 spiro atoms. The van der Waals surface area contributed by atoms with Gasteiger partial charge in [0.25, 0.3) is 5.91 Å². The molecule has 2 heterocycles. The van der Waals surface area contributed by atoms with Crippen molar-refractivity contribution < 1.29 is 14.3 Å². The smallest absolute Gasteiger partial charge is 0.262 e. The molecule has 3 aromatic carbocycles. The number of anilines is 1. The molecule has 190 valence electrons. The van der Waals surface area contributed by atoms with Gasteiger partial charge in [-0.3, -0.25) is 19.6 Å². The van der Waals surface area contributed by atoms with Crippen molar-refractivity contribution in [2.24, 2.45) is 0 Å². The van der Waals surface area contributed by atoms with Crippen LogP contribution < -0.4 is 15.1 Å². The van der Waals surface area contributed by atoms with Gasteiger partial charge < -0.3 is 9.64 Å². The minimum atomic E-state index is -0.173. The molecule has 1 N–H and O–H groups in total. The third-order valence-corrected chi connectivity index (χ3v) is 7.11. The zero-order valence-electron chi connectivity index (χ0n) is 20.9. The third-order valence-electron chi connectivity index (χ3n) is 6.86. The highest BCUT2D eigenvalue weighted by Gasteiger charge is 2.24. The van der Waals surface area contributed by atoms with Crippen LogP contribution in [0, 0.1) is 6.92 Å². The van der Waals surface area contributed by atoms with E-state index < -0.39 is 0 Å². The number of hydrogen-bond acceptors (Lipinski definition) is 5. The zero-order valence-corrected chi connectivity index (χ0v) is 21.7. The van der Waals surface area contributed by atoms with Crippen molar-refractivity contribution in [1.82, 2.24) is 15.0 Å². The molecule has 1 fully saturated rings. The molecule has 0 aliphatic carbocycles. The first kappa shape index (κ1) is 24.9. The molecule has 0 bridgehead atoms. The Morgan fingerprint density at radius 1 is 0.946 bits per heavy atom. The number of hydrazine groups is 1. The topological polar surface area (TPSA) is 66.8 Å². The van der Waals surface area contributed by atoms with Crippen molar-refractivity contribution in [2.75, 3.05) is 38.2 Å². The van der Waals surface area contributed by atoms with E-state index in [9.17, 15) is 9.59 Å². The predicted molar refractivity (Wildman–Crippen MR) is 146 cm³/mol. The number of benzene rings is 3. The van der Waals surface area contributed by atoms with E-state index in [2.05, 4.69) is 22.5 Å². The van der Waals surface area contributed by atoms with Crippen molar-refractivity contribution in [2.45, 2.75) is 13.3 Å². The molecule has 1 aromatic heterocycles. The SMILES string of the molecule is COc1ccc2c(c1)c(CC(=O)NN1CCN(c3ccccc3)CC1)c(C)n2C(=O)c1ccc(Cl)cc1. The number of hydrogen-bond donors (Lipinski definition) is 1. The molecule has 7 nitrogen and oxygen atoms in total. The van der Waals surface area contributed by atoms with Crippen LogP contribution in [-0.2, 0) is 11.2 Å². The van der Waals surface area contributed by atoms with Gasteiger partial charge in [0.1, 0.15) is 5.75 Å². The summed E-state index contributed by atoms with van der Waals surface area (Å²) in [6.07, 6.45) is 0.148. The summed E-state index contributed by atoms with van der Waals surface area (Å²) in [6.45, 7) is 4.99. The molecule has 0 saturated carbocycles. The summed E-state index contributed by atoms with van der Waals surface area (Å²) < 4.78 is 7.10. The number of aromatic nitrogens is 1. The first-order chi connectivity index (χ1) is 17.9. The van der Waals surface area contributed by atoms with Gasteiger partial charge in [0, 0.05) is 53.5 Å². The fourth-order valence-electron chi connectivity index (χ4n) is 4.89. The summed E-state index contributed by atoms with van der Waals surface area (Å²) >= 11 is 6.02. The minimum absolute atomic E-state index is 0.114. The van der Waals surface area contributed by atoms with Crippen LogP contribution in [0.2, 0.25) is 5.02 Å². The molecule has 5 rings (SSSR count). The average molecular weight is 517 g/mol. The summed E-state index contributed by atoms with van der Waals surface area (Å²) in [5, 5.41) is 3.36. The fraction of sp³-hybridized carbons (Fsp3) is 0.241. The second-order valence-corrected chi connectivity index (χ2v) is 9.55. The van der Waals surface area contributed by atoms with Crippen LogP contribution in [-0.4, -0.2) is 54.7 Å². The molecule has 1 aliphatic heterocycles. The Bertz CT molecular complexity index is 1430. The number of para-hydroxylation sites is 1. The lowest BCUT2D eigenvalue weighted by atomic mass is 10.1. The van der Waals surface area contributed by atoms with Crippen molar-refractivity contribution in [3.05, 3.63) is 94.6 Å². The molecule has 1 aliphatic rings. The standard InChI is InChI=1S/C29H29ClN4O3/c1-20-25(19-28(35)31-33-16-14-32(15-17-33)23-6-4-3-5-7-23)26-18-24(37-2)12-13-27(26)34(20)29(36)21-8-10-22(30)11-9-21/h3-13,18H,14-17,19H2,1-2H3,(H,31,35). The van der Waals surface area contributed by atoms with Crippen LogP contribution in [0.25, 0.3) is 10.9 Å². The van der Waals surface area contributed by atoms with Gasteiger partial charge in [-0.05, 0) is 67.1 Å². The highest BCUT2D eigenvalue weighted by molar-refractivity contribution is 6.30. The molecule has 0 unspecified atom stereocenters. The monoisotopic (exact) mass is 516 g/mol.